The molecular weight excluding hydrogens is 438 g/mol. The Morgan fingerprint density at radius 1 is 1.29 bits per heavy atom. The minimum atomic E-state index is 0.0461. The highest BCUT2D eigenvalue weighted by Crippen LogP contribution is 2.28. The number of halogens is 1. The normalized spacial score (nSPS) is 10.9. The summed E-state index contributed by atoms with van der Waals surface area (Å²) in [5, 5.41) is 3.10. The predicted octanol–water partition coefficient (Wildman–Crippen LogP) is 4.97. The number of carbonyl (C=O) groups is 1. The summed E-state index contributed by atoms with van der Waals surface area (Å²) in [7, 11) is 3.46. The minimum absolute atomic E-state index is 0.0461. The lowest BCUT2D eigenvalue weighted by atomic mass is 10.2. The van der Waals surface area contributed by atoms with Crippen LogP contribution < -0.4 is 4.74 Å². The quantitative estimate of drug-likeness (QED) is 0.520. The van der Waals surface area contributed by atoms with Crippen molar-refractivity contribution in [2.75, 3.05) is 14.2 Å². The van der Waals surface area contributed by atoms with Gasteiger partial charge in [-0.25, -0.2) is 4.98 Å². The summed E-state index contributed by atoms with van der Waals surface area (Å²) in [6, 6.07) is 7.92. The van der Waals surface area contributed by atoms with E-state index in [9.17, 15) is 4.79 Å². The molecule has 0 fully saturated rings. The number of benzene rings is 1. The number of carbonyl (C=O) groups excluding carboxylic acids is 1. The number of thiazole rings is 1. The lowest BCUT2D eigenvalue weighted by molar-refractivity contribution is -0.131. The summed E-state index contributed by atoms with van der Waals surface area (Å²) in [6.07, 6.45) is 0. The van der Waals surface area contributed by atoms with Crippen LogP contribution in [0.3, 0.4) is 0 Å². The number of rotatable bonds is 6. The summed E-state index contributed by atoms with van der Waals surface area (Å²) in [6.45, 7) is 6.86. The van der Waals surface area contributed by atoms with Crippen molar-refractivity contribution in [1.29, 1.82) is 0 Å². The van der Waals surface area contributed by atoms with Gasteiger partial charge in [0.25, 0.3) is 0 Å². The second kappa shape index (κ2) is 8.49. The average Bonchev–Trinajstić information content (AvgIpc) is 3.20. The first-order valence-electron chi connectivity index (χ1n) is 8.95. The van der Waals surface area contributed by atoms with Gasteiger partial charge in [0, 0.05) is 46.0 Å². The summed E-state index contributed by atoms with van der Waals surface area (Å²) in [5.41, 5.74) is 5.14. The van der Waals surface area contributed by atoms with Crippen molar-refractivity contribution < 1.29 is 9.53 Å². The number of hydrogen-bond donors (Lipinski definition) is 0. The number of likely N-dealkylation sites (N-methyl/N-ethyl adjacent to an activating group) is 1. The molecule has 148 valence electrons. The van der Waals surface area contributed by atoms with E-state index >= 15 is 0 Å². The van der Waals surface area contributed by atoms with Gasteiger partial charge in [-0.15, -0.1) is 11.3 Å². The van der Waals surface area contributed by atoms with Gasteiger partial charge < -0.3 is 14.2 Å². The molecule has 0 bridgehead atoms. The molecular formula is C21H24BrN3O2S. The summed E-state index contributed by atoms with van der Waals surface area (Å²) in [4.78, 5) is 19.2. The van der Waals surface area contributed by atoms with Gasteiger partial charge in [-0.3, -0.25) is 4.79 Å². The van der Waals surface area contributed by atoms with Crippen LogP contribution in [0.25, 0.3) is 11.3 Å². The van der Waals surface area contributed by atoms with Crippen molar-refractivity contribution in [2.45, 2.75) is 33.9 Å². The fourth-order valence-corrected chi connectivity index (χ4v) is 4.28. The van der Waals surface area contributed by atoms with Gasteiger partial charge in [0.1, 0.15) is 12.3 Å². The Kier molecular flexibility index (Phi) is 6.25. The predicted molar refractivity (Wildman–Crippen MR) is 117 cm³/mol. The van der Waals surface area contributed by atoms with E-state index in [1.165, 1.54) is 0 Å². The smallest absolute Gasteiger partial charge is 0.242 e. The Balaban J connectivity index is 1.78. The molecule has 0 N–H and O–H groups in total. The molecule has 0 saturated heterocycles. The second-order valence-electron chi connectivity index (χ2n) is 6.83. The first-order chi connectivity index (χ1) is 13.3. The Bertz CT molecular complexity index is 1010. The summed E-state index contributed by atoms with van der Waals surface area (Å²) >= 11 is 5.12. The third kappa shape index (κ3) is 4.31. The summed E-state index contributed by atoms with van der Waals surface area (Å²) in [5.74, 6) is 0.821. The molecule has 2 aromatic heterocycles. The zero-order chi connectivity index (χ0) is 20.4. The Morgan fingerprint density at radius 2 is 2.04 bits per heavy atom. The number of nitrogens with zero attached hydrogens (tertiary/aromatic N) is 3. The van der Waals surface area contributed by atoms with E-state index in [4.69, 9.17) is 4.74 Å². The number of amides is 1. The van der Waals surface area contributed by atoms with E-state index < -0.39 is 0 Å². The summed E-state index contributed by atoms with van der Waals surface area (Å²) < 4.78 is 8.44. The van der Waals surface area contributed by atoms with Crippen molar-refractivity contribution in [2.24, 2.45) is 0 Å². The highest BCUT2D eigenvalue weighted by Gasteiger charge is 2.18. The molecule has 5 nitrogen and oxygen atoms in total. The molecule has 0 atom stereocenters. The maximum Gasteiger partial charge on any atom is 0.242 e. The highest BCUT2D eigenvalue weighted by atomic mass is 79.9. The van der Waals surface area contributed by atoms with Crippen LogP contribution in [0.4, 0.5) is 0 Å². The maximum atomic E-state index is 12.9. The first-order valence-corrected chi connectivity index (χ1v) is 10.6. The molecule has 1 aromatic carbocycles. The van der Waals surface area contributed by atoms with Crippen LogP contribution in [0.2, 0.25) is 0 Å². The molecule has 28 heavy (non-hydrogen) atoms. The zero-order valence-electron chi connectivity index (χ0n) is 16.7. The Labute approximate surface area is 178 Å². The molecule has 3 rings (SSSR count). The van der Waals surface area contributed by atoms with Crippen LogP contribution in [-0.4, -0.2) is 34.5 Å². The molecule has 0 aliphatic heterocycles. The Morgan fingerprint density at radius 3 is 2.68 bits per heavy atom. The van der Waals surface area contributed by atoms with Crippen LogP contribution >= 0.6 is 27.3 Å². The molecule has 0 unspecified atom stereocenters. The Hall–Kier alpha value is -2.12. The monoisotopic (exact) mass is 461 g/mol. The van der Waals surface area contributed by atoms with Gasteiger partial charge in [0.05, 0.1) is 17.8 Å². The van der Waals surface area contributed by atoms with Crippen LogP contribution in [0.1, 0.15) is 22.0 Å². The second-order valence-corrected chi connectivity index (χ2v) is 8.81. The maximum absolute atomic E-state index is 12.9. The minimum Gasteiger partial charge on any atom is -0.496 e. The van der Waals surface area contributed by atoms with Gasteiger partial charge in [-0.05, 0) is 45.0 Å². The van der Waals surface area contributed by atoms with E-state index in [0.29, 0.717) is 13.1 Å². The molecule has 3 aromatic rings. The molecule has 0 aliphatic carbocycles. The van der Waals surface area contributed by atoms with Crippen LogP contribution in [-0.2, 0) is 17.9 Å². The number of hydrogen-bond acceptors (Lipinski definition) is 4. The first kappa shape index (κ1) is 20.6. The lowest BCUT2D eigenvalue weighted by Crippen LogP contribution is -2.30. The molecule has 7 heteroatoms. The van der Waals surface area contributed by atoms with Crippen LogP contribution in [0, 0.1) is 20.8 Å². The zero-order valence-corrected chi connectivity index (χ0v) is 19.1. The van der Waals surface area contributed by atoms with Crippen molar-refractivity contribution in [3.8, 4) is 17.0 Å². The van der Waals surface area contributed by atoms with Gasteiger partial charge >= 0.3 is 0 Å². The number of aromatic nitrogens is 2. The van der Waals surface area contributed by atoms with E-state index in [-0.39, 0.29) is 5.91 Å². The topological polar surface area (TPSA) is 47.4 Å². The van der Waals surface area contributed by atoms with Crippen molar-refractivity contribution in [1.82, 2.24) is 14.5 Å². The van der Waals surface area contributed by atoms with Crippen molar-refractivity contribution in [3.63, 3.8) is 0 Å². The van der Waals surface area contributed by atoms with Crippen LogP contribution in [0.15, 0.2) is 34.1 Å². The lowest BCUT2D eigenvalue weighted by Gasteiger charge is -2.20. The number of ether oxygens (including phenoxy) is 1. The van der Waals surface area contributed by atoms with E-state index in [2.05, 4.69) is 36.9 Å². The SMILES string of the molecule is COc1ccc(Br)cc1CN(C)C(=O)Cn1c(C)cc(-c2csc(C)n2)c1C. The van der Waals surface area contributed by atoms with Crippen LogP contribution in [0.5, 0.6) is 5.75 Å². The molecule has 0 spiro atoms. The molecule has 2 heterocycles. The molecule has 0 radical (unpaired) electrons. The standard InChI is InChI=1S/C21H24BrN3O2S/c1-13-8-18(19-12-28-15(3)23-19)14(2)25(13)11-21(26)24(4)10-16-9-17(22)6-7-20(16)27-5/h6-9,12H,10-11H2,1-5H3. The third-order valence-corrected chi connectivity index (χ3v) is 6.10. The van der Waals surface area contributed by atoms with E-state index in [0.717, 1.165) is 43.4 Å². The van der Waals surface area contributed by atoms with E-state index in [1.807, 2.05) is 46.0 Å². The number of aryl methyl sites for hydroxylation is 2. The van der Waals surface area contributed by atoms with Gasteiger partial charge in [-0.2, -0.15) is 0 Å². The van der Waals surface area contributed by atoms with Gasteiger partial charge in [0.15, 0.2) is 0 Å². The fourth-order valence-electron chi connectivity index (χ4n) is 3.26. The fraction of sp³-hybridized carbons (Fsp3) is 0.333. The number of methoxy groups -OCH3 is 1. The van der Waals surface area contributed by atoms with E-state index in [1.54, 1.807) is 23.3 Å². The third-order valence-electron chi connectivity index (χ3n) is 4.84. The average molecular weight is 462 g/mol. The van der Waals surface area contributed by atoms with Crippen molar-refractivity contribution in [3.05, 3.63) is 56.1 Å². The highest BCUT2D eigenvalue weighted by molar-refractivity contribution is 9.10. The van der Waals surface area contributed by atoms with Crippen molar-refractivity contribution >= 4 is 33.2 Å². The largest absolute Gasteiger partial charge is 0.496 e. The van der Waals surface area contributed by atoms with Gasteiger partial charge in [-0.1, -0.05) is 15.9 Å². The molecule has 1 amide bonds. The molecule has 0 aliphatic rings. The molecule has 0 saturated carbocycles. The van der Waals surface area contributed by atoms with Gasteiger partial charge in [0.2, 0.25) is 5.91 Å².